The highest BCUT2D eigenvalue weighted by Gasteiger charge is 2.32. The SMILES string of the molecule is CCCCCN(C)C(=O)[C@@H]1C=C2c3cccc4[nH]cc(c34)C[C@H]2NC1. The number of aromatic amines is 1. The first kappa shape index (κ1) is 16.4. The molecule has 4 heteroatoms. The van der Waals surface area contributed by atoms with Crippen LogP contribution in [-0.2, 0) is 11.2 Å². The van der Waals surface area contributed by atoms with Crippen molar-refractivity contribution in [2.75, 3.05) is 20.1 Å². The van der Waals surface area contributed by atoms with Crippen LogP contribution in [0.4, 0.5) is 0 Å². The van der Waals surface area contributed by atoms with E-state index < -0.39 is 0 Å². The lowest BCUT2D eigenvalue weighted by Gasteiger charge is -2.34. The molecular formula is C21H27N3O. The largest absolute Gasteiger partial charge is 0.361 e. The fraction of sp³-hybridized carbons (Fsp3) is 0.476. The molecule has 4 nitrogen and oxygen atoms in total. The lowest BCUT2D eigenvalue weighted by Crippen LogP contribution is -2.46. The molecule has 25 heavy (non-hydrogen) atoms. The number of aromatic nitrogens is 1. The number of benzene rings is 1. The van der Waals surface area contributed by atoms with E-state index in [0.717, 1.165) is 25.9 Å². The van der Waals surface area contributed by atoms with Gasteiger partial charge in [0.25, 0.3) is 0 Å². The number of hydrogen-bond donors (Lipinski definition) is 2. The summed E-state index contributed by atoms with van der Waals surface area (Å²) in [4.78, 5) is 18.1. The smallest absolute Gasteiger partial charge is 0.230 e. The Balaban J connectivity index is 1.61. The van der Waals surface area contributed by atoms with Crippen molar-refractivity contribution in [3.05, 3.63) is 41.6 Å². The van der Waals surface area contributed by atoms with E-state index in [0.29, 0.717) is 6.04 Å². The molecule has 1 aliphatic heterocycles. The molecule has 1 amide bonds. The molecular weight excluding hydrogens is 310 g/mol. The quantitative estimate of drug-likeness (QED) is 0.822. The van der Waals surface area contributed by atoms with Crippen LogP contribution in [0.2, 0.25) is 0 Å². The molecule has 1 aromatic carbocycles. The van der Waals surface area contributed by atoms with E-state index in [9.17, 15) is 4.79 Å². The highest BCUT2D eigenvalue weighted by molar-refractivity contribution is 5.99. The average Bonchev–Trinajstić information content (AvgIpc) is 3.05. The fourth-order valence-corrected chi connectivity index (χ4v) is 4.26. The van der Waals surface area contributed by atoms with Crippen molar-refractivity contribution in [2.45, 2.75) is 38.6 Å². The van der Waals surface area contributed by atoms with Crippen LogP contribution in [0.3, 0.4) is 0 Å². The predicted molar refractivity (Wildman–Crippen MR) is 102 cm³/mol. The molecule has 2 atom stereocenters. The van der Waals surface area contributed by atoms with Crippen LogP contribution in [-0.4, -0.2) is 42.0 Å². The van der Waals surface area contributed by atoms with Crippen molar-refractivity contribution in [3.63, 3.8) is 0 Å². The Morgan fingerprint density at radius 2 is 2.20 bits per heavy atom. The fourth-order valence-electron chi connectivity index (χ4n) is 4.26. The number of amides is 1. The van der Waals surface area contributed by atoms with Crippen molar-refractivity contribution in [2.24, 2.45) is 5.92 Å². The van der Waals surface area contributed by atoms with Crippen molar-refractivity contribution in [1.82, 2.24) is 15.2 Å². The number of hydrogen-bond acceptors (Lipinski definition) is 2. The van der Waals surface area contributed by atoms with E-state index in [1.165, 1.54) is 40.4 Å². The van der Waals surface area contributed by atoms with Gasteiger partial charge >= 0.3 is 0 Å². The van der Waals surface area contributed by atoms with Gasteiger partial charge in [0.05, 0.1) is 5.92 Å². The molecule has 0 bridgehead atoms. The number of carbonyl (C=O) groups excluding carboxylic acids is 1. The molecule has 2 aromatic rings. The number of nitrogens with one attached hydrogen (secondary N) is 2. The number of nitrogens with zero attached hydrogens (tertiary/aromatic N) is 1. The Morgan fingerprint density at radius 3 is 3.04 bits per heavy atom. The van der Waals surface area contributed by atoms with Gasteiger partial charge in [0.15, 0.2) is 0 Å². The van der Waals surface area contributed by atoms with E-state index in [1.54, 1.807) is 0 Å². The van der Waals surface area contributed by atoms with E-state index >= 15 is 0 Å². The Hall–Kier alpha value is -2.07. The molecule has 0 saturated carbocycles. The number of fused-ring (bicyclic) bond motifs is 2. The summed E-state index contributed by atoms with van der Waals surface area (Å²) in [5, 5.41) is 4.95. The summed E-state index contributed by atoms with van der Waals surface area (Å²) in [5.74, 6) is 0.176. The minimum atomic E-state index is -0.0615. The molecule has 1 aliphatic carbocycles. The Bertz CT molecular complexity index is 820. The lowest BCUT2D eigenvalue weighted by molar-refractivity contribution is -0.132. The zero-order valence-corrected chi connectivity index (χ0v) is 15.1. The molecule has 0 radical (unpaired) electrons. The van der Waals surface area contributed by atoms with Gasteiger partial charge in [-0.3, -0.25) is 4.79 Å². The minimum Gasteiger partial charge on any atom is -0.361 e. The van der Waals surface area contributed by atoms with E-state index in [4.69, 9.17) is 0 Å². The molecule has 0 unspecified atom stereocenters. The summed E-state index contributed by atoms with van der Waals surface area (Å²) < 4.78 is 0. The number of H-pyrrole nitrogens is 1. The van der Waals surface area contributed by atoms with Gasteiger partial charge in [-0.15, -0.1) is 0 Å². The molecule has 2 N–H and O–H groups in total. The Morgan fingerprint density at radius 1 is 1.32 bits per heavy atom. The molecule has 132 valence electrons. The molecule has 2 heterocycles. The molecule has 0 saturated heterocycles. The van der Waals surface area contributed by atoms with Crippen LogP contribution in [0.5, 0.6) is 0 Å². The van der Waals surface area contributed by atoms with Gasteiger partial charge in [0, 0.05) is 43.3 Å². The molecule has 1 aromatic heterocycles. The maximum atomic E-state index is 12.8. The van der Waals surface area contributed by atoms with Crippen molar-refractivity contribution in [3.8, 4) is 0 Å². The molecule has 4 rings (SSSR count). The first-order valence-electron chi connectivity index (χ1n) is 9.48. The number of rotatable bonds is 5. The molecule has 0 fully saturated rings. The maximum absolute atomic E-state index is 12.8. The zero-order chi connectivity index (χ0) is 17.4. The maximum Gasteiger partial charge on any atom is 0.230 e. The second kappa shape index (κ2) is 6.68. The summed E-state index contributed by atoms with van der Waals surface area (Å²) in [5.41, 5.74) is 5.14. The van der Waals surface area contributed by atoms with Gasteiger partial charge in [-0.05, 0) is 35.6 Å². The summed E-state index contributed by atoms with van der Waals surface area (Å²) >= 11 is 0. The molecule has 2 aliphatic rings. The van der Waals surface area contributed by atoms with Gasteiger partial charge in [0.1, 0.15) is 0 Å². The van der Waals surface area contributed by atoms with Crippen molar-refractivity contribution in [1.29, 1.82) is 0 Å². The first-order valence-corrected chi connectivity index (χ1v) is 9.48. The predicted octanol–water partition coefficient (Wildman–Crippen LogP) is 3.34. The second-order valence-corrected chi connectivity index (χ2v) is 7.40. The summed E-state index contributed by atoms with van der Waals surface area (Å²) in [6.45, 7) is 3.78. The standard InChI is InChI=1S/C21H27N3O/c1-3-4-5-9-24(2)21(25)15-10-17-16-7-6-8-18-20(16)14(12-22-18)11-19(17)23-13-15/h6-8,10,12,15,19,22-23H,3-5,9,11,13H2,1-2H3/t15-,19-/m1/s1. The second-order valence-electron chi connectivity index (χ2n) is 7.40. The highest BCUT2D eigenvalue weighted by atomic mass is 16.2. The van der Waals surface area contributed by atoms with E-state index in [-0.39, 0.29) is 11.8 Å². The average molecular weight is 337 g/mol. The van der Waals surface area contributed by atoms with Crippen molar-refractivity contribution < 1.29 is 4.79 Å². The van der Waals surface area contributed by atoms with Crippen LogP contribution in [0.1, 0.15) is 37.3 Å². The van der Waals surface area contributed by atoms with Crippen molar-refractivity contribution >= 4 is 22.4 Å². The zero-order valence-electron chi connectivity index (χ0n) is 15.1. The number of unbranched alkanes of at least 4 members (excludes halogenated alkanes) is 2. The first-order chi connectivity index (χ1) is 12.2. The van der Waals surface area contributed by atoms with E-state index in [2.05, 4.69) is 47.7 Å². The monoisotopic (exact) mass is 337 g/mol. The van der Waals surface area contributed by atoms with Gasteiger partial charge in [-0.2, -0.15) is 0 Å². The van der Waals surface area contributed by atoms with E-state index in [1.807, 2.05) is 11.9 Å². The van der Waals surface area contributed by atoms with Crippen LogP contribution in [0.25, 0.3) is 16.5 Å². The lowest BCUT2D eigenvalue weighted by atomic mass is 9.80. The van der Waals surface area contributed by atoms with Crippen LogP contribution in [0.15, 0.2) is 30.5 Å². The van der Waals surface area contributed by atoms with Crippen LogP contribution < -0.4 is 5.32 Å². The van der Waals surface area contributed by atoms with Gasteiger partial charge in [-0.25, -0.2) is 0 Å². The normalized spacial score (nSPS) is 21.8. The minimum absolute atomic E-state index is 0.0615. The van der Waals surface area contributed by atoms with Crippen LogP contribution >= 0.6 is 0 Å². The summed E-state index contributed by atoms with van der Waals surface area (Å²) in [6.07, 6.45) is 8.81. The third-order valence-electron chi connectivity index (χ3n) is 5.65. The van der Waals surface area contributed by atoms with Gasteiger partial charge in [-0.1, -0.05) is 38.0 Å². The third-order valence-corrected chi connectivity index (χ3v) is 5.65. The molecule has 0 spiro atoms. The highest BCUT2D eigenvalue weighted by Crippen LogP contribution is 2.38. The summed E-state index contributed by atoms with van der Waals surface area (Å²) in [7, 11) is 1.94. The Kier molecular flexibility index (Phi) is 4.38. The Labute approximate surface area is 149 Å². The number of carbonyl (C=O) groups is 1. The topological polar surface area (TPSA) is 48.1 Å². The van der Waals surface area contributed by atoms with Crippen LogP contribution in [0, 0.1) is 5.92 Å². The summed E-state index contributed by atoms with van der Waals surface area (Å²) in [6, 6.07) is 6.74. The third kappa shape index (κ3) is 2.89. The van der Waals surface area contributed by atoms with Gasteiger partial charge in [0.2, 0.25) is 5.91 Å². The van der Waals surface area contributed by atoms with Gasteiger partial charge < -0.3 is 15.2 Å².